The smallest absolute Gasteiger partial charge is 0.349 e. The minimum absolute atomic E-state index is 0.343. The summed E-state index contributed by atoms with van der Waals surface area (Å²) >= 11 is 0. The molecule has 0 aliphatic carbocycles. The molecule has 0 heterocycles. The Morgan fingerprint density at radius 2 is 1.37 bits per heavy atom. The normalized spacial score (nSPS) is 12.3. The average molecular weight is 367 g/mol. The molecule has 1 amide bonds. The molecule has 1 unspecified atom stereocenters. The molecular formula is C22H19F2NO2. The van der Waals surface area contributed by atoms with Gasteiger partial charge in [-0.05, 0) is 23.3 Å². The highest BCUT2D eigenvalue weighted by atomic mass is 19.3. The number of nitrogens with one attached hydrogen (secondary N) is 1. The number of alkyl halides is 2. The number of amides is 1. The fourth-order valence-corrected chi connectivity index (χ4v) is 2.80. The average Bonchev–Trinajstić information content (AvgIpc) is 2.73. The lowest BCUT2D eigenvalue weighted by atomic mass is 9.97. The number of carbonyl (C=O) groups is 1. The molecule has 0 radical (unpaired) electrons. The topological polar surface area (TPSA) is 38.3 Å². The largest absolute Gasteiger partial charge is 0.497 e. The number of benzene rings is 3. The van der Waals surface area contributed by atoms with Gasteiger partial charge in [-0.2, -0.15) is 8.78 Å². The van der Waals surface area contributed by atoms with Gasteiger partial charge in [0.25, 0.3) is 5.91 Å². The van der Waals surface area contributed by atoms with Crippen LogP contribution in [-0.4, -0.2) is 13.0 Å². The number of carbonyl (C=O) groups excluding carboxylic acids is 1. The third-order valence-electron chi connectivity index (χ3n) is 4.28. The van der Waals surface area contributed by atoms with Crippen LogP contribution in [0.25, 0.3) is 0 Å². The number of rotatable bonds is 6. The van der Waals surface area contributed by atoms with Gasteiger partial charge in [0.15, 0.2) is 0 Å². The highest BCUT2D eigenvalue weighted by Gasteiger charge is 2.41. The SMILES string of the molecule is COc1ccc(C(NC(=O)C(F)(F)c2ccccc2)c2ccccc2)cc1. The Kier molecular flexibility index (Phi) is 5.50. The molecule has 0 fully saturated rings. The van der Waals surface area contributed by atoms with Crippen molar-refractivity contribution in [2.75, 3.05) is 7.11 Å². The summed E-state index contributed by atoms with van der Waals surface area (Å²) in [7, 11) is 1.55. The molecule has 27 heavy (non-hydrogen) atoms. The van der Waals surface area contributed by atoms with E-state index in [4.69, 9.17) is 4.74 Å². The molecule has 0 aliphatic heterocycles. The van der Waals surface area contributed by atoms with E-state index in [1.54, 1.807) is 61.7 Å². The fraction of sp³-hybridized carbons (Fsp3) is 0.136. The van der Waals surface area contributed by atoms with E-state index in [-0.39, 0.29) is 5.56 Å². The Bertz CT molecular complexity index is 881. The lowest BCUT2D eigenvalue weighted by Gasteiger charge is -2.23. The van der Waals surface area contributed by atoms with E-state index < -0.39 is 17.9 Å². The monoisotopic (exact) mass is 367 g/mol. The molecule has 3 aromatic rings. The van der Waals surface area contributed by atoms with Gasteiger partial charge in [0.2, 0.25) is 0 Å². The van der Waals surface area contributed by atoms with Crippen LogP contribution in [0.5, 0.6) is 5.75 Å². The maximum absolute atomic E-state index is 14.6. The summed E-state index contributed by atoms with van der Waals surface area (Å²) in [5.74, 6) is -4.34. The predicted octanol–water partition coefficient (Wildman–Crippen LogP) is 4.69. The van der Waals surface area contributed by atoms with E-state index in [0.29, 0.717) is 16.9 Å². The van der Waals surface area contributed by atoms with Crippen molar-refractivity contribution in [1.29, 1.82) is 0 Å². The van der Waals surface area contributed by atoms with Crippen LogP contribution >= 0.6 is 0 Å². The Morgan fingerprint density at radius 3 is 1.93 bits per heavy atom. The van der Waals surface area contributed by atoms with Gasteiger partial charge in [0.05, 0.1) is 13.2 Å². The van der Waals surface area contributed by atoms with Gasteiger partial charge >= 0.3 is 5.92 Å². The number of methoxy groups -OCH3 is 1. The minimum Gasteiger partial charge on any atom is -0.497 e. The molecular weight excluding hydrogens is 348 g/mol. The van der Waals surface area contributed by atoms with Crippen molar-refractivity contribution in [3.8, 4) is 5.75 Å². The van der Waals surface area contributed by atoms with Crippen LogP contribution in [0, 0.1) is 0 Å². The first kappa shape index (κ1) is 18.6. The second kappa shape index (κ2) is 7.99. The van der Waals surface area contributed by atoms with E-state index >= 15 is 0 Å². The van der Waals surface area contributed by atoms with E-state index in [1.807, 2.05) is 6.07 Å². The van der Waals surface area contributed by atoms with Crippen LogP contribution in [-0.2, 0) is 10.7 Å². The van der Waals surface area contributed by atoms with E-state index in [0.717, 1.165) is 0 Å². The van der Waals surface area contributed by atoms with Crippen molar-refractivity contribution in [3.63, 3.8) is 0 Å². The first-order valence-corrected chi connectivity index (χ1v) is 8.45. The molecule has 0 saturated carbocycles. The highest BCUT2D eigenvalue weighted by molar-refractivity contribution is 5.85. The number of ether oxygens (including phenoxy) is 1. The molecule has 3 aromatic carbocycles. The molecule has 0 spiro atoms. The molecule has 3 rings (SSSR count). The quantitative estimate of drug-likeness (QED) is 0.686. The van der Waals surface area contributed by atoms with Gasteiger partial charge in [-0.3, -0.25) is 4.79 Å². The lowest BCUT2D eigenvalue weighted by molar-refractivity contribution is -0.147. The zero-order valence-corrected chi connectivity index (χ0v) is 14.7. The van der Waals surface area contributed by atoms with Crippen LogP contribution < -0.4 is 10.1 Å². The highest BCUT2D eigenvalue weighted by Crippen LogP contribution is 2.31. The van der Waals surface area contributed by atoms with Crippen molar-refractivity contribution in [3.05, 3.63) is 102 Å². The Morgan fingerprint density at radius 1 is 0.852 bits per heavy atom. The summed E-state index contributed by atoms with van der Waals surface area (Å²) < 4.78 is 34.4. The molecule has 0 aromatic heterocycles. The third-order valence-corrected chi connectivity index (χ3v) is 4.28. The van der Waals surface area contributed by atoms with Crippen molar-refractivity contribution >= 4 is 5.91 Å². The standard InChI is InChI=1S/C22H19F2NO2/c1-27-19-14-12-17(13-15-19)20(16-8-4-2-5-9-16)25-21(26)22(23,24)18-10-6-3-7-11-18/h2-15,20H,1H3,(H,25,26). The van der Waals surface area contributed by atoms with Crippen molar-refractivity contribution in [1.82, 2.24) is 5.32 Å². The van der Waals surface area contributed by atoms with Crippen molar-refractivity contribution in [2.45, 2.75) is 12.0 Å². The van der Waals surface area contributed by atoms with Gasteiger partial charge in [0.1, 0.15) is 5.75 Å². The van der Waals surface area contributed by atoms with Crippen molar-refractivity contribution < 1.29 is 18.3 Å². The van der Waals surface area contributed by atoms with E-state index in [1.165, 1.54) is 24.3 Å². The number of hydrogen-bond acceptors (Lipinski definition) is 2. The van der Waals surface area contributed by atoms with Gasteiger partial charge in [0, 0.05) is 5.56 Å². The minimum atomic E-state index is -3.64. The van der Waals surface area contributed by atoms with Crippen LogP contribution in [0.2, 0.25) is 0 Å². The Balaban J connectivity index is 1.92. The fourth-order valence-electron chi connectivity index (χ4n) is 2.80. The van der Waals surface area contributed by atoms with Gasteiger partial charge in [-0.1, -0.05) is 72.8 Å². The molecule has 1 atom stereocenters. The molecule has 0 bridgehead atoms. The van der Waals surface area contributed by atoms with Gasteiger partial charge in [-0.15, -0.1) is 0 Å². The molecule has 3 nitrogen and oxygen atoms in total. The molecule has 138 valence electrons. The Labute approximate surface area is 156 Å². The third kappa shape index (κ3) is 4.14. The summed E-state index contributed by atoms with van der Waals surface area (Å²) in [5.41, 5.74) is 1.04. The molecule has 5 heteroatoms. The summed E-state index contributed by atoms with van der Waals surface area (Å²) in [6.07, 6.45) is 0. The van der Waals surface area contributed by atoms with E-state index in [2.05, 4.69) is 5.32 Å². The number of halogens is 2. The number of hydrogen-bond donors (Lipinski definition) is 1. The summed E-state index contributed by atoms with van der Waals surface area (Å²) in [5, 5.41) is 2.50. The summed E-state index contributed by atoms with van der Waals surface area (Å²) in [6, 6.07) is 22.3. The first-order valence-electron chi connectivity index (χ1n) is 8.45. The molecule has 0 saturated heterocycles. The Hall–Kier alpha value is -3.21. The maximum atomic E-state index is 14.6. The van der Waals surface area contributed by atoms with Gasteiger partial charge in [-0.25, -0.2) is 0 Å². The van der Waals surface area contributed by atoms with Crippen LogP contribution in [0.3, 0.4) is 0 Å². The lowest BCUT2D eigenvalue weighted by Crippen LogP contribution is -2.40. The summed E-state index contributed by atoms with van der Waals surface area (Å²) in [6.45, 7) is 0. The summed E-state index contributed by atoms with van der Waals surface area (Å²) in [4.78, 5) is 12.5. The molecule has 1 N–H and O–H groups in total. The molecule has 0 aliphatic rings. The zero-order valence-electron chi connectivity index (χ0n) is 14.7. The first-order chi connectivity index (χ1) is 13.0. The predicted molar refractivity (Wildman–Crippen MR) is 99.8 cm³/mol. The second-order valence-corrected chi connectivity index (χ2v) is 6.03. The van der Waals surface area contributed by atoms with Crippen LogP contribution in [0.4, 0.5) is 8.78 Å². The van der Waals surface area contributed by atoms with Gasteiger partial charge < -0.3 is 10.1 Å². The van der Waals surface area contributed by atoms with E-state index in [9.17, 15) is 13.6 Å². The van der Waals surface area contributed by atoms with Crippen LogP contribution in [0.1, 0.15) is 22.7 Å². The zero-order chi connectivity index (χ0) is 19.3. The maximum Gasteiger partial charge on any atom is 0.349 e. The van der Waals surface area contributed by atoms with Crippen LogP contribution in [0.15, 0.2) is 84.9 Å². The van der Waals surface area contributed by atoms with Crippen molar-refractivity contribution in [2.24, 2.45) is 0 Å². The second-order valence-electron chi connectivity index (χ2n) is 6.03.